The molecule has 1 nitrogen and oxygen atoms in total. The average molecular weight is 118 g/mol. The Bertz CT molecular complexity index is 82.1. The van der Waals surface area contributed by atoms with E-state index in [0.717, 1.165) is 6.42 Å². The molecule has 0 aromatic carbocycles. The van der Waals surface area contributed by atoms with Crippen LogP contribution in [0.4, 0.5) is 0 Å². The zero-order chi connectivity index (χ0) is 5.70. The summed E-state index contributed by atoms with van der Waals surface area (Å²) in [6, 6.07) is 0. The third kappa shape index (κ3) is 5.89. The number of rotatable bonds is 2. The van der Waals surface area contributed by atoms with Crippen molar-refractivity contribution in [2.75, 3.05) is 0 Å². The van der Waals surface area contributed by atoms with Gasteiger partial charge in [-0.05, 0) is 12.3 Å². The Kier molecular flexibility index (Phi) is 4.00. The average Bonchev–Trinajstić information content (AvgIpc) is 1.61. The van der Waals surface area contributed by atoms with E-state index in [1.54, 1.807) is 5.37 Å². The van der Waals surface area contributed by atoms with E-state index in [0.29, 0.717) is 17.2 Å². The van der Waals surface area contributed by atoms with Crippen molar-refractivity contribution >= 4 is 16.6 Å². The molecule has 0 radical (unpaired) electrons. The Hall–Kier alpha value is -0.110. The molecule has 0 aliphatic carbocycles. The first-order valence-corrected chi connectivity index (χ1v) is 3.18. The topological polar surface area (TPSA) is 17.1 Å². The molecule has 7 heavy (non-hydrogen) atoms. The molecule has 0 saturated carbocycles. The van der Waals surface area contributed by atoms with E-state index in [9.17, 15) is 4.21 Å². The van der Waals surface area contributed by atoms with Crippen LogP contribution in [0.5, 0.6) is 0 Å². The van der Waals surface area contributed by atoms with Crippen LogP contribution in [-0.4, -0.2) is 9.58 Å². The van der Waals surface area contributed by atoms with Crippen molar-refractivity contribution in [2.24, 2.45) is 5.92 Å². The second-order valence-electron chi connectivity index (χ2n) is 1.89. The van der Waals surface area contributed by atoms with Gasteiger partial charge in [0.15, 0.2) is 0 Å². The van der Waals surface area contributed by atoms with Gasteiger partial charge in [-0.2, -0.15) is 0 Å². The van der Waals surface area contributed by atoms with Crippen LogP contribution in [-0.2, 0) is 11.3 Å². The van der Waals surface area contributed by atoms with E-state index in [1.165, 1.54) is 0 Å². The summed E-state index contributed by atoms with van der Waals surface area (Å²) in [6.07, 6.45) is 0.925. The Morgan fingerprint density at radius 2 is 2.29 bits per heavy atom. The molecule has 0 rings (SSSR count). The monoisotopic (exact) mass is 118 g/mol. The molecule has 0 heterocycles. The van der Waals surface area contributed by atoms with E-state index in [2.05, 4.69) is 13.8 Å². The Morgan fingerprint density at radius 3 is 2.43 bits per heavy atom. The molecule has 2 heteroatoms. The smallest absolute Gasteiger partial charge is 0.0841 e. The highest BCUT2D eigenvalue weighted by atomic mass is 32.1. The van der Waals surface area contributed by atoms with E-state index in [-0.39, 0.29) is 0 Å². The molecule has 0 aromatic heterocycles. The van der Waals surface area contributed by atoms with Crippen molar-refractivity contribution in [3.8, 4) is 0 Å². The first-order valence-electron chi connectivity index (χ1n) is 2.37. The first kappa shape index (κ1) is 6.89. The van der Waals surface area contributed by atoms with E-state index in [1.807, 2.05) is 0 Å². The van der Waals surface area contributed by atoms with Gasteiger partial charge in [-0.3, -0.25) is 0 Å². The van der Waals surface area contributed by atoms with Crippen molar-refractivity contribution in [3.63, 3.8) is 0 Å². The molecule has 0 atom stereocenters. The fraction of sp³-hybridized carbons (Fsp3) is 0.800. The molecule has 0 bridgehead atoms. The molecular weight excluding hydrogens is 108 g/mol. The molecule has 0 aliphatic heterocycles. The van der Waals surface area contributed by atoms with E-state index in [4.69, 9.17) is 0 Å². The molecule has 0 saturated heterocycles. The number of hydrogen-bond donors (Lipinski definition) is 0. The van der Waals surface area contributed by atoms with Crippen molar-refractivity contribution in [1.82, 2.24) is 0 Å². The van der Waals surface area contributed by atoms with Gasteiger partial charge in [0, 0.05) is 5.37 Å². The third-order valence-corrected chi connectivity index (χ3v) is 0.964. The summed E-state index contributed by atoms with van der Waals surface area (Å²) in [4.78, 5) is 0. The summed E-state index contributed by atoms with van der Waals surface area (Å²) >= 11 is 0.555. The minimum absolute atomic E-state index is 0.555. The predicted molar refractivity (Wildman–Crippen MR) is 33.7 cm³/mol. The minimum Gasteiger partial charge on any atom is -0.213 e. The standard InChI is InChI=1S/C5H10OS/c1-5(2)3-4-7-6/h4-5H,3H2,1-2H3. The largest absolute Gasteiger partial charge is 0.213 e. The zero-order valence-corrected chi connectivity index (χ0v) is 5.49. The van der Waals surface area contributed by atoms with Gasteiger partial charge in [0.25, 0.3) is 0 Å². The third-order valence-electron chi connectivity index (χ3n) is 0.636. The summed E-state index contributed by atoms with van der Waals surface area (Å²) in [5.41, 5.74) is 0. The highest BCUT2D eigenvalue weighted by Gasteiger charge is 1.85. The Morgan fingerprint density at radius 1 is 1.71 bits per heavy atom. The minimum atomic E-state index is 0.555. The van der Waals surface area contributed by atoms with Crippen LogP contribution in [0.1, 0.15) is 20.3 Å². The molecule has 0 aromatic rings. The fourth-order valence-electron chi connectivity index (χ4n) is 0.232. The molecule has 0 fully saturated rings. The highest BCUT2D eigenvalue weighted by Crippen LogP contribution is 1.92. The van der Waals surface area contributed by atoms with E-state index < -0.39 is 0 Å². The molecule has 0 unspecified atom stereocenters. The maximum Gasteiger partial charge on any atom is 0.0841 e. The Balaban J connectivity index is 3.13. The summed E-state index contributed by atoms with van der Waals surface area (Å²) < 4.78 is 9.70. The second kappa shape index (κ2) is 4.06. The lowest BCUT2D eigenvalue weighted by Gasteiger charge is -1.91. The van der Waals surface area contributed by atoms with Gasteiger partial charge in [0.1, 0.15) is 0 Å². The maximum absolute atomic E-state index is 9.70. The molecule has 0 amide bonds. The van der Waals surface area contributed by atoms with Crippen molar-refractivity contribution in [1.29, 1.82) is 0 Å². The Labute approximate surface area is 47.8 Å². The van der Waals surface area contributed by atoms with Gasteiger partial charge in [-0.15, -0.1) is 0 Å². The van der Waals surface area contributed by atoms with Crippen LogP contribution in [0.2, 0.25) is 0 Å². The lowest BCUT2D eigenvalue weighted by Crippen LogP contribution is -1.85. The van der Waals surface area contributed by atoms with Crippen LogP contribution >= 0.6 is 0 Å². The summed E-state index contributed by atoms with van der Waals surface area (Å²) in [7, 11) is 0. The SMILES string of the molecule is CC(C)CC=S=O. The van der Waals surface area contributed by atoms with Gasteiger partial charge < -0.3 is 0 Å². The van der Waals surface area contributed by atoms with Crippen molar-refractivity contribution in [2.45, 2.75) is 20.3 Å². The zero-order valence-electron chi connectivity index (χ0n) is 4.68. The normalized spacial score (nSPS) is 9.00. The molecule has 0 N–H and O–H groups in total. The lowest BCUT2D eigenvalue weighted by atomic mass is 10.2. The fourth-order valence-corrected chi connectivity index (χ4v) is 0.695. The van der Waals surface area contributed by atoms with Crippen molar-refractivity contribution in [3.05, 3.63) is 0 Å². The van der Waals surface area contributed by atoms with Gasteiger partial charge in [0.05, 0.1) is 11.3 Å². The predicted octanol–water partition coefficient (Wildman–Crippen LogP) is 1.05. The lowest BCUT2D eigenvalue weighted by molar-refractivity contribution is 0.689. The van der Waals surface area contributed by atoms with Gasteiger partial charge in [0.2, 0.25) is 0 Å². The number of hydrogen-bond acceptors (Lipinski definition) is 1. The van der Waals surface area contributed by atoms with Gasteiger partial charge in [-0.1, -0.05) is 13.8 Å². The summed E-state index contributed by atoms with van der Waals surface area (Å²) in [6.45, 7) is 4.18. The molecule has 0 aliphatic rings. The second-order valence-corrected chi connectivity index (χ2v) is 2.42. The molecule has 42 valence electrons. The highest BCUT2D eigenvalue weighted by molar-refractivity contribution is 7.64. The quantitative estimate of drug-likeness (QED) is 0.495. The first-order chi connectivity index (χ1) is 3.27. The van der Waals surface area contributed by atoms with Crippen LogP contribution in [0.25, 0.3) is 0 Å². The van der Waals surface area contributed by atoms with Crippen LogP contribution in [0.3, 0.4) is 0 Å². The van der Waals surface area contributed by atoms with Crippen LogP contribution in [0, 0.1) is 5.92 Å². The molecular formula is C5H10OS. The van der Waals surface area contributed by atoms with Crippen LogP contribution < -0.4 is 0 Å². The maximum atomic E-state index is 9.70. The van der Waals surface area contributed by atoms with Gasteiger partial charge >= 0.3 is 0 Å². The van der Waals surface area contributed by atoms with Gasteiger partial charge in [-0.25, -0.2) is 4.21 Å². The summed E-state index contributed by atoms with van der Waals surface area (Å²) in [5.74, 6) is 0.626. The van der Waals surface area contributed by atoms with Crippen molar-refractivity contribution < 1.29 is 4.21 Å². The molecule has 0 spiro atoms. The summed E-state index contributed by atoms with van der Waals surface area (Å²) in [5, 5.41) is 1.69. The van der Waals surface area contributed by atoms with E-state index >= 15 is 0 Å². The van der Waals surface area contributed by atoms with Crippen LogP contribution in [0.15, 0.2) is 0 Å².